The second-order valence-electron chi connectivity index (χ2n) is 7.39. The summed E-state index contributed by atoms with van der Waals surface area (Å²) in [6.45, 7) is 1.88. The van der Waals surface area contributed by atoms with Gasteiger partial charge in [0, 0.05) is 0 Å². The first-order valence-electron chi connectivity index (χ1n) is 9.03. The molecule has 1 atom stereocenters. The maximum absolute atomic E-state index is 13.3. The van der Waals surface area contributed by atoms with Gasteiger partial charge in [0.1, 0.15) is 0 Å². The van der Waals surface area contributed by atoms with Crippen molar-refractivity contribution in [2.45, 2.75) is 62.3 Å². The fraction of sp³-hybridized carbons (Fsp3) is 0.579. The molecule has 1 aromatic carbocycles. The lowest BCUT2D eigenvalue weighted by Crippen LogP contribution is -2.50. The smallest absolute Gasteiger partial charge is 0.306 e. The number of hydrogen-bond acceptors (Lipinski definition) is 5. The van der Waals surface area contributed by atoms with E-state index in [1.165, 1.54) is 7.11 Å². The number of methoxy groups -OCH3 is 1. The summed E-state index contributed by atoms with van der Waals surface area (Å²) in [5.41, 5.74) is 0.241. The number of hydrogen-bond donors (Lipinski definition) is 0. The maximum Gasteiger partial charge on any atom is 0.306 e. The number of rotatable bonds is 4. The first kappa shape index (κ1) is 18.9. The molecule has 1 aliphatic carbocycles. The first-order chi connectivity index (χ1) is 12.3. The van der Waals surface area contributed by atoms with Crippen LogP contribution in [0.1, 0.15) is 50.5 Å². The molecular formula is C19H25NO5S. The highest BCUT2D eigenvalue weighted by atomic mass is 32.2. The van der Waals surface area contributed by atoms with Crippen molar-refractivity contribution in [1.29, 1.82) is 0 Å². The van der Waals surface area contributed by atoms with Crippen LogP contribution in [-0.4, -0.2) is 37.2 Å². The normalized spacial score (nSPS) is 22.6. The average Bonchev–Trinajstić information content (AvgIpc) is 2.87. The molecule has 6 nitrogen and oxygen atoms in total. The number of ether oxygens (including phenoxy) is 1. The Balaban J connectivity index is 2.01. The van der Waals surface area contributed by atoms with E-state index in [2.05, 4.69) is 0 Å². The van der Waals surface area contributed by atoms with Crippen LogP contribution >= 0.6 is 0 Å². The molecule has 3 rings (SSSR count). The Hall–Kier alpha value is -1.89. The number of nitrogens with zero attached hydrogens (tertiary/aromatic N) is 1. The second-order valence-corrected chi connectivity index (χ2v) is 9.17. The minimum absolute atomic E-state index is 0.0724. The van der Waals surface area contributed by atoms with Gasteiger partial charge in [-0.3, -0.25) is 9.59 Å². The van der Waals surface area contributed by atoms with Crippen LogP contribution in [0.3, 0.4) is 0 Å². The van der Waals surface area contributed by atoms with Crippen LogP contribution in [0.5, 0.6) is 0 Å². The summed E-state index contributed by atoms with van der Waals surface area (Å²) in [6, 6.07) is 6.55. The number of carbonyl (C=O) groups is 2. The van der Waals surface area contributed by atoms with Crippen molar-refractivity contribution in [2.75, 3.05) is 7.11 Å². The Kier molecular flexibility index (Phi) is 5.10. The van der Waals surface area contributed by atoms with E-state index >= 15 is 0 Å². The molecule has 0 unspecified atom stereocenters. The zero-order valence-electron chi connectivity index (χ0n) is 15.2. The molecule has 1 heterocycles. The van der Waals surface area contributed by atoms with Gasteiger partial charge in [0.05, 0.1) is 29.9 Å². The fourth-order valence-corrected chi connectivity index (χ4v) is 6.12. The quantitative estimate of drug-likeness (QED) is 0.752. The van der Waals surface area contributed by atoms with E-state index in [1.807, 2.05) is 6.92 Å². The number of esters is 1. The standard InChI is InChI=1S/C19H25NO5S/c1-14-6-8-16(9-7-14)26(23,24)20-18(22)15(12-17(21)25-2)13-19(20)10-4-3-5-11-19/h6-9,15H,3-5,10-13H2,1-2H3/t15-/m1/s1. The van der Waals surface area contributed by atoms with Crippen LogP contribution in [0.15, 0.2) is 29.2 Å². The fourth-order valence-electron chi connectivity index (χ4n) is 4.28. The number of aryl methyl sites for hydroxylation is 1. The molecular weight excluding hydrogens is 354 g/mol. The van der Waals surface area contributed by atoms with Gasteiger partial charge in [-0.05, 0) is 38.3 Å². The van der Waals surface area contributed by atoms with Crippen LogP contribution < -0.4 is 0 Å². The molecule has 2 aliphatic rings. The largest absolute Gasteiger partial charge is 0.469 e. The van der Waals surface area contributed by atoms with Gasteiger partial charge >= 0.3 is 5.97 Å². The van der Waals surface area contributed by atoms with Gasteiger partial charge in [-0.1, -0.05) is 37.0 Å². The molecule has 0 N–H and O–H groups in total. The summed E-state index contributed by atoms with van der Waals surface area (Å²) in [5, 5.41) is 0. The topological polar surface area (TPSA) is 80.8 Å². The van der Waals surface area contributed by atoms with Gasteiger partial charge in [-0.25, -0.2) is 12.7 Å². The van der Waals surface area contributed by atoms with E-state index < -0.39 is 33.4 Å². The SMILES string of the molecule is COC(=O)C[C@@H]1CC2(CCCCC2)N(S(=O)(=O)c2ccc(C)cc2)C1=O. The third-order valence-electron chi connectivity index (χ3n) is 5.59. The molecule has 1 spiro atoms. The van der Waals surface area contributed by atoms with Gasteiger partial charge in [-0.15, -0.1) is 0 Å². The highest BCUT2D eigenvalue weighted by molar-refractivity contribution is 7.89. The summed E-state index contributed by atoms with van der Waals surface area (Å²) in [4.78, 5) is 24.9. The lowest BCUT2D eigenvalue weighted by atomic mass is 9.78. The Morgan fingerprint density at radius 1 is 1.19 bits per heavy atom. The van der Waals surface area contributed by atoms with Gasteiger partial charge in [0.15, 0.2) is 0 Å². The predicted molar refractivity (Wildman–Crippen MR) is 95.8 cm³/mol. The predicted octanol–water partition coefficient (Wildman–Crippen LogP) is 2.80. The molecule has 142 valence electrons. The molecule has 0 aromatic heterocycles. The third kappa shape index (κ3) is 3.24. The number of amides is 1. The molecule has 1 saturated heterocycles. The van der Waals surface area contributed by atoms with Crippen LogP contribution in [0, 0.1) is 12.8 Å². The summed E-state index contributed by atoms with van der Waals surface area (Å²) >= 11 is 0. The van der Waals surface area contributed by atoms with Crippen molar-refractivity contribution in [1.82, 2.24) is 4.31 Å². The molecule has 0 bridgehead atoms. The lowest BCUT2D eigenvalue weighted by molar-refractivity contribution is -0.144. The van der Waals surface area contributed by atoms with Crippen molar-refractivity contribution in [3.8, 4) is 0 Å². The van der Waals surface area contributed by atoms with Crippen LogP contribution in [0.25, 0.3) is 0 Å². The van der Waals surface area contributed by atoms with Crippen molar-refractivity contribution in [3.05, 3.63) is 29.8 Å². The molecule has 1 aromatic rings. The minimum Gasteiger partial charge on any atom is -0.469 e. The zero-order chi connectivity index (χ0) is 18.9. The van der Waals surface area contributed by atoms with E-state index in [1.54, 1.807) is 24.3 Å². The van der Waals surface area contributed by atoms with E-state index in [9.17, 15) is 18.0 Å². The monoisotopic (exact) mass is 379 g/mol. The minimum atomic E-state index is -3.96. The maximum atomic E-state index is 13.3. The van der Waals surface area contributed by atoms with E-state index in [0.29, 0.717) is 19.3 Å². The molecule has 2 fully saturated rings. The van der Waals surface area contributed by atoms with Gasteiger partial charge in [0.25, 0.3) is 10.0 Å². The Bertz CT molecular complexity index is 794. The van der Waals surface area contributed by atoms with Crippen LogP contribution in [0.2, 0.25) is 0 Å². The Labute approximate surface area is 154 Å². The van der Waals surface area contributed by atoms with Crippen molar-refractivity contribution in [2.24, 2.45) is 5.92 Å². The molecule has 7 heteroatoms. The molecule has 1 amide bonds. The number of carbonyl (C=O) groups excluding carboxylic acids is 2. The molecule has 26 heavy (non-hydrogen) atoms. The zero-order valence-corrected chi connectivity index (χ0v) is 16.0. The highest BCUT2D eigenvalue weighted by Crippen LogP contribution is 2.48. The van der Waals surface area contributed by atoms with Crippen LogP contribution in [0.4, 0.5) is 0 Å². The number of sulfonamides is 1. The molecule has 0 radical (unpaired) electrons. The van der Waals surface area contributed by atoms with Gasteiger partial charge in [0.2, 0.25) is 5.91 Å². The van der Waals surface area contributed by atoms with Crippen molar-refractivity contribution in [3.63, 3.8) is 0 Å². The third-order valence-corrected chi connectivity index (χ3v) is 7.51. The lowest BCUT2D eigenvalue weighted by Gasteiger charge is -2.40. The summed E-state index contributed by atoms with van der Waals surface area (Å²) < 4.78 is 32.4. The molecule has 1 aliphatic heterocycles. The number of benzene rings is 1. The van der Waals surface area contributed by atoms with Crippen LogP contribution in [-0.2, 0) is 24.3 Å². The summed E-state index contributed by atoms with van der Waals surface area (Å²) in [6.07, 6.45) is 4.44. The molecule has 1 saturated carbocycles. The average molecular weight is 379 g/mol. The first-order valence-corrected chi connectivity index (χ1v) is 10.5. The van der Waals surface area contributed by atoms with E-state index in [4.69, 9.17) is 4.74 Å². The van der Waals surface area contributed by atoms with Crippen molar-refractivity contribution < 1.29 is 22.7 Å². The summed E-state index contributed by atoms with van der Waals surface area (Å²) in [5.74, 6) is -1.59. The summed E-state index contributed by atoms with van der Waals surface area (Å²) in [7, 11) is -2.68. The van der Waals surface area contributed by atoms with E-state index in [0.717, 1.165) is 29.1 Å². The van der Waals surface area contributed by atoms with Gasteiger partial charge in [-0.2, -0.15) is 0 Å². The highest BCUT2D eigenvalue weighted by Gasteiger charge is 2.56. The Morgan fingerprint density at radius 3 is 2.38 bits per heavy atom. The van der Waals surface area contributed by atoms with E-state index in [-0.39, 0.29) is 11.3 Å². The van der Waals surface area contributed by atoms with Crippen molar-refractivity contribution >= 4 is 21.9 Å². The van der Waals surface area contributed by atoms with Gasteiger partial charge < -0.3 is 4.74 Å². The second kappa shape index (κ2) is 7.02. The Morgan fingerprint density at radius 2 is 1.81 bits per heavy atom.